The zero-order chi connectivity index (χ0) is 11.6. The molecular formula is C10H20O4. The van der Waals surface area contributed by atoms with Crippen molar-refractivity contribution in [2.45, 2.75) is 40.2 Å². The molecule has 3 N–H and O–H groups in total. The monoisotopic (exact) mass is 204 g/mol. The van der Waals surface area contributed by atoms with Crippen LogP contribution in [0.5, 0.6) is 0 Å². The van der Waals surface area contributed by atoms with E-state index in [0.29, 0.717) is 6.42 Å². The van der Waals surface area contributed by atoms with Crippen molar-refractivity contribution >= 4 is 5.97 Å². The third-order valence-electron chi connectivity index (χ3n) is 3.06. The number of carbonyl (C=O) groups is 1. The van der Waals surface area contributed by atoms with E-state index >= 15 is 0 Å². The molecule has 4 heteroatoms. The molecule has 0 aliphatic carbocycles. The number of hydrogen-bond acceptors (Lipinski definition) is 3. The molecule has 0 bridgehead atoms. The van der Waals surface area contributed by atoms with Crippen LogP contribution < -0.4 is 0 Å². The largest absolute Gasteiger partial charge is 0.481 e. The van der Waals surface area contributed by atoms with Crippen LogP contribution in [0.1, 0.15) is 34.1 Å². The molecule has 0 spiro atoms. The second kappa shape index (κ2) is 4.28. The van der Waals surface area contributed by atoms with Crippen molar-refractivity contribution in [3.05, 3.63) is 0 Å². The Morgan fingerprint density at radius 2 is 1.79 bits per heavy atom. The van der Waals surface area contributed by atoms with E-state index in [1.165, 1.54) is 13.8 Å². The summed E-state index contributed by atoms with van der Waals surface area (Å²) in [4.78, 5) is 10.9. The molecular weight excluding hydrogens is 184 g/mol. The van der Waals surface area contributed by atoms with Crippen molar-refractivity contribution in [2.75, 3.05) is 6.61 Å². The molecule has 0 aliphatic rings. The predicted molar refractivity (Wildman–Crippen MR) is 52.9 cm³/mol. The van der Waals surface area contributed by atoms with Crippen LogP contribution in [0.4, 0.5) is 0 Å². The molecule has 0 radical (unpaired) electrons. The van der Waals surface area contributed by atoms with E-state index in [2.05, 4.69) is 0 Å². The van der Waals surface area contributed by atoms with Crippen molar-refractivity contribution in [1.29, 1.82) is 0 Å². The van der Waals surface area contributed by atoms with Gasteiger partial charge in [-0.1, -0.05) is 13.8 Å². The molecule has 0 aromatic carbocycles. The Bertz CT molecular complexity index is 206. The fourth-order valence-corrected chi connectivity index (χ4v) is 1.38. The van der Waals surface area contributed by atoms with Gasteiger partial charge in [0.15, 0.2) is 0 Å². The van der Waals surface area contributed by atoms with Gasteiger partial charge in [0.2, 0.25) is 0 Å². The summed E-state index contributed by atoms with van der Waals surface area (Å²) < 4.78 is 0. The van der Waals surface area contributed by atoms with E-state index in [9.17, 15) is 9.90 Å². The molecule has 0 amide bonds. The van der Waals surface area contributed by atoms with Crippen LogP contribution in [-0.2, 0) is 4.79 Å². The molecule has 0 fully saturated rings. The molecule has 0 saturated heterocycles. The van der Waals surface area contributed by atoms with Crippen LogP contribution in [0, 0.1) is 10.8 Å². The lowest BCUT2D eigenvalue weighted by molar-refractivity contribution is -0.162. The average Bonchev–Trinajstić information content (AvgIpc) is 2.15. The molecule has 2 unspecified atom stereocenters. The van der Waals surface area contributed by atoms with Gasteiger partial charge in [-0.3, -0.25) is 4.79 Å². The predicted octanol–water partition coefficient (Wildman–Crippen LogP) is 0.867. The first-order valence-electron chi connectivity index (χ1n) is 4.74. The number of aliphatic carboxylic acids is 1. The number of aliphatic hydroxyl groups excluding tert-OH is 2. The van der Waals surface area contributed by atoms with Gasteiger partial charge in [0.25, 0.3) is 0 Å². The molecule has 0 aromatic rings. The number of hydrogen-bond donors (Lipinski definition) is 3. The third-order valence-corrected chi connectivity index (χ3v) is 3.06. The molecule has 0 aliphatic heterocycles. The summed E-state index contributed by atoms with van der Waals surface area (Å²) in [6, 6.07) is 0. The summed E-state index contributed by atoms with van der Waals surface area (Å²) in [5.74, 6) is -1.06. The summed E-state index contributed by atoms with van der Waals surface area (Å²) in [6.45, 7) is 6.20. The molecule has 2 atom stereocenters. The van der Waals surface area contributed by atoms with Crippen LogP contribution in [0.3, 0.4) is 0 Å². The van der Waals surface area contributed by atoms with E-state index in [4.69, 9.17) is 10.2 Å². The topological polar surface area (TPSA) is 77.8 Å². The first kappa shape index (κ1) is 13.4. The molecule has 0 aromatic heterocycles. The Balaban J connectivity index is 4.92. The number of rotatable bonds is 5. The molecule has 4 nitrogen and oxygen atoms in total. The molecule has 0 heterocycles. The highest BCUT2D eigenvalue weighted by Gasteiger charge is 2.45. The second-order valence-electron chi connectivity index (χ2n) is 4.60. The number of carboxylic acid groups (broad SMARTS) is 1. The zero-order valence-electron chi connectivity index (χ0n) is 9.24. The minimum atomic E-state index is -1.24. The highest BCUT2D eigenvalue weighted by Crippen LogP contribution is 2.36. The van der Waals surface area contributed by atoms with E-state index in [-0.39, 0.29) is 6.61 Å². The van der Waals surface area contributed by atoms with Crippen LogP contribution in [0.15, 0.2) is 0 Å². The Labute approximate surface area is 84.6 Å². The van der Waals surface area contributed by atoms with Crippen molar-refractivity contribution in [3.63, 3.8) is 0 Å². The molecule has 84 valence electrons. The Kier molecular flexibility index (Phi) is 4.09. The van der Waals surface area contributed by atoms with Crippen molar-refractivity contribution in [2.24, 2.45) is 10.8 Å². The van der Waals surface area contributed by atoms with Gasteiger partial charge >= 0.3 is 5.97 Å². The van der Waals surface area contributed by atoms with Gasteiger partial charge < -0.3 is 15.3 Å². The van der Waals surface area contributed by atoms with Gasteiger partial charge in [0.05, 0.1) is 18.1 Å². The highest BCUT2D eigenvalue weighted by molar-refractivity contribution is 5.74. The van der Waals surface area contributed by atoms with E-state index in [1.54, 1.807) is 6.92 Å². The second-order valence-corrected chi connectivity index (χ2v) is 4.60. The minimum Gasteiger partial charge on any atom is -0.481 e. The smallest absolute Gasteiger partial charge is 0.311 e. The van der Waals surface area contributed by atoms with E-state index in [1.807, 2.05) is 6.92 Å². The number of carboxylic acids is 1. The van der Waals surface area contributed by atoms with Crippen LogP contribution in [0.2, 0.25) is 0 Å². The first-order valence-corrected chi connectivity index (χ1v) is 4.74. The van der Waals surface area contributed by atoms with Crippen LogP contribution in [-0.4, -0.2) is 34.0 Å². The maximum absolute atomic E-state index is 10.9. The van der Waals surface area contributed by atoms with Gasteiger partial charge in [-0.05, 0) is 20.3 Å². The maximum Gasteiger partial charge on any atom is 0.311 e. The SMILES string of the molecule is CCC(C)(CO)C(O)C(C)(C)C(=O)O. The lowest BCUT2D eigenvalue weighted by atomic mass is 9.70. The van der Waals surface area contributed by atoms with Gasteiger partial charge in [0.1, 0.15) is 0 Å². The van der Waals surface area contributed by atoms with Crippen LogP contribution >= 0.6 is 0 Å². The minimum absolute atomic E-state index is 0.221. The van der Waals surface area contributed by atoms with Gasteiger partial charge in [-0.15, -0.1) is 0 Å². The van der Waals surface area contributed by atoms with Crippen molar-refractivity contribution in [1.82, 2.24) is 0 Å². The maximum atomic E-state index is 10.9. The number of aliphatic hydroxyl groups is 2. The van der Waals surface area contributed by atoms with Gasteiger partial charge in [-0.2, -0.15) is 0 Å². The lowest BCUT2D eigenvalue weighted by Gasteiger charge is -2.39. The van der Waals surface area contributed by atoms with E-state index < -0.39 is 22.9 Å². The standard InChI is InChI=1S/C10H20O4/c1-5-10(4,6-11)7(12)9(2,3)8(13)14/h7,11-12H,5-6H2,1-4H3,(H,13,14). The summed E-state index contributed by atoms with van der Waals surface area (Å²) >= 11 is 0. The summed E-state index contributed by atoms with van der Waals surface area (Å²) in [7, 11) is 0. The lowest BCUT2D eigenvalue weighted by Crippen LogP contribution is -2.48. The first-order chi connectivity index (χ1) is 6.22. The normalized spacial score (nSPS) is 18.7. The zero-order valence-corrected chi connectivity index (χ0v) is 9.24. The summed E-state index contributed by atoms with van der Waals surface area (Å²) in [5.41, 5.74) is -2.00. The fourth-order valence-electron chi connectivity index (χ4n) is 1.38. The van der Waals surface area contributed by atoms with Gasteiger partial charge in [-0.25, -0.2) is 0 Å². The Hall–Kier alpha value is -0.610. The molecule has 14 heavy (non-hydrogen) atoms. The van der Waals surface area contributed by atoms with Gasteiger partial charge in [0, 0.05) is 5.41 Å². The molecule has 0 saturated carbocycles. The highest BCUT2D eigenvalue weighted by atomic mass is 16.4. The van der Waals surface area contributed by atoms with E-state index in [0.717, 1.165) is 0 Å². The summed E-state index contributed by atoms with van der Waals surface area (Å²) in [6.07, 6.45) is -0.538. The average molecular weight is 204 g/mol. The fraction of sp³-hybridized carbons (Fsp3) is 0.900. The summed E-state index contributed by atoms with van der Waals surface area (Å²) in [5, 5.41) is 28.0. The quantitative estimate of drug-likeness (QED) is 0.621. The van der Waals surface area contributed by atoms with Crippen LogP contribution in [0.25, 0.3) is 0 Å². The van der Waals surface area contributed by atoms with Crippen molar-refractivity contribution in [3.8, 4) is 0 Å². The Morgan fingerprint density at radius 1 is 1.36 bits per heavy atom. The Morgan fingerprint density at radius 3 is 2.00 bits per heavy atom. The van der Waals surface area contributed by atoms with Crippen molar-refractivity contribution < 1.29 is 20.1 Å². The third kappa shape index (κ3) is 2.25. The molecule has 0 rings (SSSR count).